The Labute approximate surface area is 145 Å². The van der Waals surface area contributed by atoms with Crippen LogP contribution in [0.1, 0.15) is 16.8 Å². The lowest BCUT2D eigenvalue weighted by atomic mass is 10.0. The fourth-order valence-corrected chi connectivity index (χ4v) is 3.41. The first kappa shape index (κ1) is 16.0. The third kappa shape index (κ3) is 3.07. The van der Waals surface area contributed by atoms with E-state index in [1.165, 1.54) is 6.07 Å². The molecule has 25 heavy (non-hydrogen) atoms. The monoisotopic (exact) mass is 339 g/mol. The lowest BCUT2D eigenvalue weighted by Gasteiger charge is -2.07. The third-order valence-electron chi connectivity index (χ3n) is 4.64. The molecule has 0 fully saturated rings. The van der Waals surface area contributed by atoms with Crippen LogP contribution in [0.4, 0.5) is 8.78 Å². The molecule has 0 saturated carbocycles. The van der Waals surface area contributed by atoms with Crippen molar-refractivity contribution >= 4 is 0 Å². The van der Waals surface area contributed by atoms with Crippen LogP contribution in [0.15, 0.2) is 48.5 Å². The van der Waals surface area contributed by atoms with Crippen LogP contribution in [0, 0.1) is 11.6 Å². The molecule has 3 nitrogen and oxygen atoms in total. The number of nitrogens with zero attached hydrogens (tertiary/aromatic N) is 2. The zero-order valence-corrected chi connectivity index (χ0v) is 13.8. The van der Waals surface area contributed by atoms with Crippen molar-refractivity contribution in [3.63, 3.8) is 0 Å². The van der Waals surface area contributed by atoms with Crippen molar-refractivity contribution in [3.05, 3.63) is 77.0 Å². The maximum absolute atomic E-state index is 14.4. The summed E-state index contributed by atoms with van der Waals surface area (Å²) in [7, 11) is 0. The third-order valence-corrected chi connectivity index (χ3v) is 4.64. The van der Waals surface area contributed by atoms with E-state index in [-0.39, 0.29) is 5.56 Å². The van der Waals surface area contributed by atoms with E-state index >= 15 is 0 Å². The molecule has 2 aromatic carbocycles. The van der Waals surface area contributed by atoms with Gasteiger partial charge in [0.1, 0.15) is 0 Å². The molecule has 1 aliphatic heterocycles. The van der Waals surface area contributed by atoms with Gasteiger partial charge >= 0.3 is 0 Å². The summed E-state index contributed by atoms with van der Waals surface area (Å²) in [5.41, 5.74) is 4.06. The van der Waals surface area contributed by atoms with Gasteiger partial charge in [-0.3, -0.25) is 4.68 Å². The highest BCUT2D eigenvalue weighted by atomic mass is 19.2. The lowest BCUT2D eigenvalue weighted by Crippen LogP contribution is -2.17. The summed E-state index contributed by atoms with van der Waals surface area (Å²) in [6.07, 6.45) is 1.58. The first-order valence-electron chi connectivity index (χ1n) is 8.51. The predicted molar refractivity (Wildman–Crippen MR) is 93.4 cm³/mol. The van der Waals surface area contributed by atoms with Crippen molar-refractivity contribution in [2.24, 2.45) is 0 Å². The highest BCUT2D eigenvalue weighted by molar-refractivity contribution is 5.65. The van der Waals surface area contributed by atoms with Crippen LogP contribution >= 0.6 is 0 Å². The second kappa shape index (κ2) is 6.76. The van der Waals surface area contributed by atoms with Gasteiger partial charge in [0.15, 0.2) is 11.6 Å². The van der Waals surface area contributed by atoms with Gasteiger partial charge in [-0.25, -0.2) is 8.78 Å². The van der Waals surface area contributed by atoms with Crippen LogP contribution in [-0.2, 0) is 19.4 Å². The van der Waals surface area contributed by atoms with Gasteiger partial charge in [-0.1, -0.05) is 36.4 Å². The van der Waals surface area contributed by atoms with E-state index < -0.39 is 11.6 Å². The SMILES string of the molecule is Fc1cccc(-c2nn(Cc3ccccc3)c3c2CCNCC3)c1F. The van der Waals surface area contributed by atoms with Crippen molar-refractivity contribution in [2.45, 2.75) is 19.4 Å². The van der Waals surface area contributed by atoms with Gasteiger partial charge in [-0.2, -0.15) is 5.10 Å². The quantitative estimate of drug-likeness (QED) is 0.791. The molecule has 0 bridgehead atoms. The minimum atomic E-state index is -0.837. The fourth-order valence-electron chi connectivity index (χ4n) is 3.41. The fraction of sp³-hybridized carbons (Fsp3) is 0.250. The number of fused-ring (bicyclic) bond motifs is 1. The Bertz CT molecular complexity index is 887. The van der Waals surface area contributed by atoms with Crippen LogP contribution in [-0.4, -0.2) is 22.9 Å². The summed E-state index contributed by atoms with van der Waals surface area (Å²) in [6.45, 7) is 2.30. The van der Waals surface area contributed by atoms with E-state index in [0.717, 1.165) is 48.8 Å². The Balaban J connectivity index is 1.83. The molecule has 1 N–H and O–H groups in total. The van der Waals surface area contributed by atoms with E-state index in [1.807, 2.05) is 35.0 Å². The average molecular weight is 339 g/mol. The van der Waals surface area contributed by atoms with Crippen molar-refractivity contribution in [1.82, 2.24) is 15.1 Å². The Morgan fingerprint density at radius 2 is 1.76 bits per heavy atom. The Morgan fingerprint density at radius 3 is 2.60 bits per heavy atom. The van der Waals surface area contributed by atoms with Crippen LogP contribution in [0.2, 0.25) is 0 Å². The minimum absolute atomic E-state index is 0.241. The first-order chi connectivity index (χ1) is 12.2. The molecule has 0 saturated heterocycles. The number of rotatable bonds is 3. The average Bonchev–Trinajstić information content (AvgIpc) is 2.81. The van der Waals surface area contributed by atoms with Crippen molar-refractivity contribution in [2.75, 3.05) is 13.1 Å². The van der Waals surface area contributed by atoms with Gasteiger partial charge in [-0.15, -0.1) is 0 Å². The zero-order chi connectivity index (χ0) is 17.2. The van der Waals surface area contributed by atoms with Gasteiger partial charge in [0.25, 0.3) is 0 Å². The number of hydrogen-bond donors (Lipinski definition) is 1. The number of benzene rings is 2. The van der Waals surface area contributed by atoms with Crippen molar-refractivity contribution < 1.29 is 8.78 Å². The number of hydrogen-bond acceptors (Lipinski definition) is 2. The van der Waals surface area contributed by atoms with Crippen molar-refractivity contribution in [3.8, 4) is 11.3 Å². The van der Waals surface area contributed by atoms with E-state index in [0.29, 0.717) is 12.2 Å². The molecule has 0 radical (unpaired) electrons. The largest absolute Gasteiger partial charge is 0.316 e. The Morgan fingerprint density at radius 1 is 0.960 bits per heavy atom. The molecule has 128 valence electrons. The topological polar surface area (TPSA) is 29.9 Å². The summed E-state index contributed by atoms with van der Waals surface area (Å²) in [6, 6.07) is 14.3. The van der Waals surface area contributed by atoms with Crippen LogP contribution in [0.3, 0.4) is 0 Å². The smallest absolute Gasteiger partial charge is 0.168 e. The molecule has 3 aromatic rings. The molecular formula is C20H19F2N3. The first-order valence-corrected chi connectivity index (χ1v) is 8.51. The molecule has 0 aliphatic carbocycles. The molecular weight excluding hydrogens is 320 g/mol. The van der Waals surface area contributed by atoms with Gasteiger partial charge in [0, 0.05) is 29.8 Å². The van der Waals surface area contributed by atoms with E-state index in [2.05, 4.69) is 10.4 Å². The van der Waals surface area contributed by atoms with Gasteiger partial charge in [-0.05, 0) is 30.7 Å². The lowest BCUT2D eigenvalue weighted by molar-refractivity contribution is 0.510. The molecule has 2 heterocycles. The van der Waals surface area contributed by atoms with Crippen LogP contribution in [0.25, 0.3) is 11.3 Å². The van der Waals surface area contributed by atoms with E-state index in [1.54, 1.807) is 6.07 Å². The molecule has 0 amide bonds. The van der Waals surface area contributed by atoms with Crippen molar-refractivity contribution in [1.29, 1.82) is 0 Å². The summed E-state index contributed by atoms with van der Waals surface area (Å²) in [4.78, 5) is 0. The highest BCUT2D eigenvalue weighted by Gasteiger charge is 2.23. The predicted octanol–water partition coefficient (Wildman–Crippen LogP) is 3.56. The minimum Gasteiger partial charge on any atom is -0.316 e. The molecule has 0 atom stereocenters. The maximum Gasteiger partial charge on any atom is 0.168 e. The number of aromatic nitrogens is 2. The summed E-state index contributed by atoms with van der Waals surface area (Å²) >= 11 is 0. The number of nitrogens with one attached hydrogen (secondary N) is 1. The second-order valence-electron chi connectivity index (χ2n) is 6.27. The Kier molecular flexibility index (Phi) is 4.32. The van der Waals surface area contributed by atoms with Gasteiger partial charge in [0.2, 0.25) is 0 Å². The number of halogens is 2. The maximum atomic E-state index is 14.4. The summed E-state index contributed by atoms with van der Waals surface area (Å²) in [5.74, 6) is -1.66. The summed E-state index contributed by atoms with van der Waals surface area (Å²) < 4.78 is 30.0. The Hall–Kier alpha value is -2.53. The summed E-state index contributed by atoms with van der Waals surface area (Å²) in [5, 5.41) is 8.05. The highest BCUT2D eigenvalue weighted by Crippen LogP contribution is 2.30. The molecule has 5 heteroatoms. The van der Waals surface area contributed by atoms with Crippen LogP contribution < -0.4 is 5.32 Å². The molecule has 0 spiro atoms. The normalized spacial score (nSPS) is 14.2. The molecule has 1 aliphatic rings. The van der Waals surface area contributed by atoms with E-state index in [9.17, 15) is 8.78 Å². The van der Waals surface area contributed by atoms with Gasteiger partial charge in [0.05, 0.1) is 12.2 Å². The molecule has 0 unspecified atom stereocenters. The van der Waals surface area contributed by atoms with Gasteiger partial charge < -0.3 is 5.32 Å². The van der Waals surface area contributed by atoms with Crippen LogP contribution in [0.5, 0.6) is 0 Å². The standard InChI is InChI=1S/C20H19F2N3/c21-17-8-4-7-16(19(17)22)20-15-9-11-23-12-10-18(15)25(24-20)13-14-5-2-1-3-6-14/h1-8,23H,9-13H2. The molecule has 4 rings (SSSR count). The second-order valence-corrected chi connectivity index (χ2v) is 6.27. The molecule has 1 aromatic heterocycles. The zero-order valence-electron chi connectivity index (χ0n) is 13.8. The van der Waals surface area contributed by atoms with E-state index in [4.69, 9.17) is 0 Å².